The van der Waals surface area contributed by atoms with Crippen molar-refractivity contribution in [2.45, 2.75) is 25.7 Å². The SMILES string of the molecule is Cc1cn[nH]c1C1CCCN(C(=O)C=Cc2ccccc2)C1. The average molecular weight is 295 g/mol. The molecule has 22 heavy (non-hydrogen) atoms. The molecule has 0 saturated carbocycles. The van der Waals surface area contributed by atoms with Crippen LogP contribution in [0.15, 0.2) is 42.6 Å². The molecule has 2 aromatic rings. The Morgan fingerprint density at radius 2 is 2.18 bits per heavy atom. The maximum absolute atomic E-state index is 12.4. The number of benzene rings is 1. The molecule has 1 atom stereocenters. The van der Waals surface area contributed by atoms with E-state index in [1.165, 1.54) is 11.3 Å². The van der Waals surface area contributed by atoms with Crippen LogP contribution in [0.5, 0.6) is 0 Å². The van der Waals surface area contributed by atoms with E-state index in [9.17, 15) is 4.79 Å². The monoisotopic (exact) mass is 295 g/mol. The number of hydrogen-bond acceptors (Lipinski definition) is 2. The fourth-order valence-electron chi connectivity index (χ4n) is 3.02. The lowest BCUT2D eigenvalue weighted by Crippen LogP contribution is -2.38. The Labute approximate surface area is 130 Å². The minimum atomic E-state index is 0.0886. The average Bonchev–Trinajstić information content (AvgIpc) is 3.00. The lowest BCUT2D eigenvalue weighted by Gasteiger charge is -2.32. The second kappa shape index (κ2) is 6.60. The van der Waals surface area contributed by atoms with Crippen molar-refractivity contribution >= 4 is 12.0 Å². The van der Waals surface area contributed by atoms with Gasteiger partial charge in [0.2, 0.25) is 5.91 Å². The number of aryl methyl sites for hydroxylation is 1. The number of hydrogen-bond donors (Lipinski definition) is 1. The number of nitrogens with one attached hydrogen (secondary N) is 1. The minimum Gasteiger partial charge on any atom is -0.338 e. The number of carbonyl (C=O) groups is 1. The Bertz CT molecular complexity index is 660. The summed E-state index contributed by atoms with van der Waals surface area (Å²) in [6.07, 6.45) is 7.56. The number of rotatable bonds is 3. The Kier molecular flexibility index (Phi) is 4.37. The molecule has 0 aliphatic carbocycles. The number of carbonyl (C=O) groups excluding carboxylic acids is 1. The highest BCUT2D eigenvalue weighted by Crippen LogP contribution is 2.27. The van der Waals surface area contributed by atoms with E-state index >= 15 is 0 Å². The number of nitrogens with zero attached hydrogens (tertiary/aromatic N) is 2. The molecule has 0 bridgehead atoms. The zero-order valence-corrected chi connectivity index (χ0v) is 12.8. The predicted molar refractivity (Wildman–Crippen MR) is 87.4 cm³/mol. The van der Waals surface area contributed by atoms with E-state index in [4.69, 9.17) is 0 Å². The van der Waals surface area contributed by atoms with Gasteiger partial charge in [-0.15, -0.1) is 0 Å². The van der Waals surface area contributed by atoms with Gasteiger partial charge in [0.25, 0.3) is 0 Å². The van der Waals surface area contributed by atoms with Gasteiger partial charge < -0.3 is 4.90 Å². The van der Waals surface area contributed by atoms with Gasteiger partial charge in [-0.3, -0.25) is 9.89 Å². The molecule has 1 aliphatic rings. The number of piperidine rings is 1. The van der Waals surface area contributed by atoms with Crippen molar-refractivity contribution in [3.05, 3.63) is 59.4 Å². The molecule has 4 nitrogen and oxygen atoms in total. The van der Waals surface area contributed by atoms with Crippen LogP contribution in [-0.4, -0.2) is 34.1 Å². The number of likely N-dealkylation sites (tertiary alicyclic amines) is 1. The fraction of sp³-hybridized carbons (Fsp3) is 0.333. The third-order valence-electron chi connectivity index (χ3n) is 4.23. The van der Waals surface area contributed by atoms with Crippen molar-refractivity contribution in [3.8, 4) is 0 Å². The second-order valence-corrected chi connectivity index (χ2v) is 5.83. The van der Waals surface area contributed by atoms with Crippen LogP contribution >= 0.6 is 0 Å². The van der Waals surface area contributed by atoms with Crippen LogP contribution in [0.25, 0.3) is 6.08 Å². The van der Waals surface area contributed by atoms with Gasteiger partial charge in [0.05, 0.1) is 6.20 Å². The van der Waals surface area contributed by atoms with Crippen molar-refractivity contribution in [2.75, 3.05) is 13.1 Å². The number of aromatic nitrogens is 2. The summed E-state index contributed by atoms with van der Waals surface area (Å²) >= 11 is 0. The van der Waals surface area contributed by atoms with Gasteiger partial charge in [-0.25, -0.2) is 0 Å². The Morgan fingerprint density at radius 1 is 1.36 bits per heavy atom. The first-order valence-corrected chi connectivity index (χ1v) is 7.76. The van der Waals surface area contributed by atoms with Gasteiger partial charge in [0.1, 0.15) is 0 Å². The molecule has 4 heteroatoms. The number of H-pyrrole nitrogens is 1. The summed E-state index contributed by atoms with van der Waals surface area (Å²) in [6.45, 7) is 3.66. The maximum atomic E-state index is 12.4. The fourth-order valence-corrected chi connectivity index (χ4v) is 3.02. The highest BCUT2D eigenvalue weighted by molar-refractivity contribution is 5.91. The predicted octanol–water partition coefficient (Wildman–Crippen LogP) is 3.14. The number of amides is 1. The molecule has 0 radical (unpaired) electrons. The Hall–Kier alpha value is -2.36. The largest absolute Gasteiger partial charge is 0.338 e. The molecule has 3 rings (SSSR count). The molecule has 0 spiro atoms. The van der Waals surface area contributed by atoms with Gasteiger partial charge in [0.15, 0.2) is 0 Å². The lowest BCUT2D eigenvalue weighted by atomic mass is 9.93. The Morgan fingerprint density at radius 3 is 2.91 bits per heavy atom. The smallest absolute Gasteiger partial charge is 0.246 e. The van der Waals surface area contributed by atoms with E-state index in [0.717, 1.165) is 31.5 Å². The topological polar surface area (TPSA) is 49.0 Å². The van der Waals surface area contributed by atoms with Gasteiger partial charge in [-0.1, -0.05) is 30.3 Å². The highest BCUT2D eigenvalue weighted by atomic mass is 16.2. The van der Waals surface area contributed by atoms with Crippen molar-refractivity contribution in [2.24, 2.45) is 0 Å². The molecule has 1 aromatic heterocycles. The molecule has 1 aliphatic heterocycles. The van der Waals surface area contributed by atoms with Gasteiger partial charge in [-0.05, 0) is 37.0 Å². The van der Waals surface area contributed by atoms with E-state index in [2.05, 4.69) is 17.1 Å². The van der Waals surface area contributed by atoms with Crippen LogP contribution in [0, 0.1) is 6.92 Å². The van der Waals surface area contributed by atoms with Crippen LogP contribution < -0.4 is 0 Å². The summed E-state index contributed by atoms with van der Waals surface area (Å²) in [5.41, 5.74) is 3.40. The standard InChI is InChI=1S/C18H21N3O/c1-14-12-19-20-18(14)16-8-5-11-21(13-16)17(22)10-9-15-6-3-2-4-7-15/h2-4,6-7,9-10,12,16H,5,8,11,13H2,1H3,(H,19,20). The Balaban J connectivity index is 1.66. The molecular weight excluding hydrogens is 274 g/mol. The molecule has 1 N–H and O–H groups in total. The van der Waals surface area contributed by atoms with E-state index in [1.807, 2.05) is 47.5 Å². The van der Waals surface area contributed by atoms with Gasteiger partial charge in [-0.2, -0.15) is 5.10 Å². The second-order valence-electron chi connectivity index (χ2n) is 5.83. The summed E-state index contributed by atoms with van der Waals surface area (Å²) in [7, 11) is 0. The quantitative estimate of drug-likeness (QED) is 0.884. The molecule has 1 saturated heterocycles. The first-order chi connectivity index (χ1) is 10.7. The van der Waals surface area contributed by atoms with E-state index in [-0.39, 0.29) is 5.91 Å². The van der Waals surface area contributed by atoms with E-state index in [0.29, 0.717) is 5.92 Å². The molecular formula is C18H21N3O. The first kappa shape index (κ1) is 14.6. The van der Waals surface area contributed by atoms with Crippen LogP contribution in [0.4, 0.5) is 0 Å². The van der Waals surface area contributed by atoms with Crippen molar-refractivity contribution in [3.63, 3.8) is 0 Å². The summed E-state index contributed by atoms with van der Waals surface area (Å²) in [4.78, 5) is 14.3. The van der Waals surface area contributed by atoms with E-state index < -0.39 is 0 Å². The lowest BCUT2D eigenvalue weighted by molar-refractivity contribution is -0.127. The summed E-state index contributed by atoms with van der Waals surface area (Å²) in [5.74, 6) is 0.455. The number of aromatic amines is 1. The third kappa shape index (κ3) is 3.27. The molecule has 1 fully saturated rings. The highest BCUT2D eigenvalue weighted by Gasteiger charge is 2.25. The van der Waals surface area contributed by atoms with Crippen LogP contribution in [0.3, 0.4) is 0 Å². The normalized spacial score (nSPS) is 18.8. The third-order valence-corrected chi connectivity index (χ3v) is 4.23. The summed E-state index contributed by atoms with van der Waals surface area (Å²) in [6, 6.07) is 9.92. The summed E-state index contributed by atoms with van der Waals surface area (Å²) < 4.78 is 0. The van der Waals surface area contributed by atoms with Crippen LogP contribution in [0.2, 0.25) is 0 Å². The van der Waals surface area contributed by atoms with Gasteiger partial charge >= 0.3 is 0 Å². The zero-order valence-electron chi connectivity index (χ0n) is 12.8. The molecule has 1 amide bonds. The van der Waals surface area contributed by atoms with Crippen LogP contribution in [-0.2, 0) is 4.79 Å². The maximum Gasteiger partial charge on any atom is 0.246 e. The zero-order chi connectivity index (χ0) is 15.4. The minimum absolute atomic E-state index is 0.0886. The van der Waals surface area contributed by atoms with Crippen molar-refractivity contribution < 1.29 is 4.79 Å². The van der Waals surface area contributed by atoms with Crippen LogP contribution in [0.1, 0.15) is 35.6 Å². The molecule has 2 heterocycles. The van der Waals surface area contributed by atoms with E-state index in [1.54, 1.807) is 6.08 Å². The molecule has 1 unspecified atom stereocenters. The van der Waals surface area contributed by atoms with Crippen molar-refractivity contribution in [1.29, 1.82) is 0 Å². The summed E-state index contributed by atoms with van der Waals surface area (Å²) in [5, 5.41) is 7.19. The van der Waals surface area contributed by atoms with Crippen molar-refractivity contribution in [1.82, 2.24) is 15.1 Å². The molecule has 114 valence electrons. The van der Waals surface area contributed by atoms with Gasteiger partial charge in [0, 0.05) is 30.8 Å². The molecule has 1 aromatic carbocycles. The first-order valence-electron chi connectivity index (χ1n) is 7.76.